The minimum Gasteiger partial charge on any atom is -0.384 e. The molecule has 1 aromatic carbocycles. The van der Waals surface area contributed by atoms with E-state index in [-0.39, 0.29) is 16.9 Å². The van der Waals surface area contributed by atoms with Crippen molar-refractivity contribution in [3.05, 3.63) is 41.5 Å². The number of nitriles is 1. The molecule has 1 heterocycles. The van der Waals surface area contributed by atoms with Crippen molar-refractivity contribution in [2.24, 2.45) is 0 Å². The summed E-state index contributed by atoms with van der Waals surface area (Å²) in [5.74, 6) is -1.19. The van der Waals surface area contributed by atoms with Crippen molar-refractivity contribution in [3.8, 4) is 17.3 Å². The average molecular weight is 219 g/mol. The quantitative estimate of drug-likeness (QED) is 0.773. The Morgan fingerprint density at radius 1 is 1.25 bits per heavy atom. The molecule has 0 aliphatic heterocycles. The smallest absolute Gasteiger partial charge is 0.135 e. The Kier molecular flexibility index (Phi) is 2.33. The number of aromatic nitrogens is 1. The molecule has 0 unspecified atom stereocenters. The van der Waals surface area contributed by atoms with Gasteiger partial charge in [-0.2, -0.15) is 5.26 Å². The highest BCUT2D eigenvalue weighted by atomic mass is 19.1. The molecule has 0 bridgehead atoms. The highest BCUT2D eigenvalue weighted by Crippen LogP contribution is 2.25. The molecule has 0 atom stereocenters. The van der Waals surface area contributed by atoms with E-state index in [9.17, 15) is 8.78 Å². The molecular formula is C11H7F2N3. The number of nitrogens with two attached hydrogens (primary N) is 1. The Balaban J connectivity index is 2.55. The third-order valence-electron chi connectivity index (χ3n) is 2.19. The second-order valence-corrected chi connectivity index (χ2v) is 3.25. The molecule has 0 fully saturated rings. The third-order valence-corrected chi connectivity index (χ3v) is 2.19. The lowest BCUT2D eigenvalue weighted by molar-refractivity contribution is 0.585. The van der Waals surface area contributed by atoms with Gasteiger partial charge in [-0.25, -0.2) is 8.78 Å². The van der Waals surface area contributed by atoms with Crippen LogP contribution in [0.15, 0.2) is 24.3 Å². The van der Waals surface area contributed by atoms with Crippen LogP contribution in [0.25, 0.3) is 11.3 Å². The fourth-order valence-electron chi connectivity index (χ4n) is 1.42. The van der Waals surface area contributed by atoms with E-state index in [1.54, 1.807) is 0 Å². The van der Waals surface area contributed by atoms with Crippen LogP contribution in [0.4, 0.5) is 14.6 Å². The number of nitrogens with zero attached hydrogens (tertiary/aromatic N) is 1. The summed E-state index contributed by atoms with van der Waals surface area (Å²) in [5, 5.41) is 8.69. The summed E-state index contributed by atoms with van der Waals surface area (Å²) in [5.41, 5.74) is 6.26. The molecule has 0 aliphatic carbocycles. The van der Waals surface area contributed by atoms with Crippen molar-refractivity contribution in [3.63, 3.8) is 0 Å². The lowest BCUT2D eigenvalue weighted by atomic mass is 10.1. The molecule has 0 radical (unpaired) electrons. The molecule has 5 heteroatoms. The van der Waals surface area contributed by atoms with Gasteiger partial charge in [0.1, 0.15) is 23.5 Å². The Bertz CT molecular complexity index is 581. The Labute approximate surface area is 90.1 Å². The molecule has 3 N–H and O–H groups in total. The molecular weight excluding hydrogens is 212 g/mol. The van der Waals surface area contributed by atoms with Gasteiger partial charge in [-0.15, -0.1) is 0 Å². The number of benzene rings is 1. The zero-order chi connectivity index (χ0) is 11.7. The van der Waals surface area contributed by atoms with Gasteiger partial charge in [-0.3, -0.25) is 0 Å². The van der Waals surface area contributed by atoms with Gasteiger partial charge in [0.15, 0.2) is 0 Å². The van der Waals surface area contributed by atoms with Gasteiger partial charge in [0.25, 0.3) is 0 Å². The molecule has 80 valence electrons. The molecule has 2 aromatic rings. The van der Waals surface area contributed by atoms with Crippen LogP contribution in [0, 0.1) is 23.0 Å². The van der Waals surface area contributed by atoms with Crippen molar-refractivity contribution in [1.29, 1.82) is 5.26 Å². The maximum atomic E-state index is 13.4. The lowest BCUT2D eigenvalue weighted by Crippen LogP contribution is -1.88. The zero-order valence-corrected chi connectivity index (χ0v) is 8.09. The summed E-state index contributed by atoms with van der Waals surface area (Å²) in [6.07, 6.45) is 0. The maximum absolute atomic E-state index is 13.4. The summed E-state index contributed by atoms with van der Waals surface area (Å²) in [4.78, 5) is 2.66. The fraction of sp³-hybridized carbons (Fsp3) is 0. The molecule has 16 heavy (non-hydrogen) atoms. The van der Waals surface area contributed by atoms with E-state index in [0.717, 1.165) is 12.1 Å². The monoisotopic (exact) mass is 219 g/mol. The van der Waals surface area contributed by atoms with E-state index in [1.165, 1.54) is 12.1 Å². The van der Waals surface area contributed by atoms with E-state index >= 15 is 0 Å². The summed E-state index contributed by atoms with van der Waals surface area (Å²) in [6, 6.07) is 6.49. The largest absolute Gasteiger partial charge is 0.384 e. The first-order valence-electron chi connectivity index (χ1n) is 4.46. The van der Waals surface area contributed by atoms with E-state index in [0.29, 0.717) is 5.69 Å². The van der Waals surface area contributed by atoms with Gasteiger partial charge < -0.3 is 10.7 Å². The van der Waals surface area contributed by atoms with Crippen LogP contribution in [0.5, 0.6) is 0 Å². The van der Waals surface area contributed by atoms with Gasteiger partial charge in [0, 0.05) is 11.6 Å². The molecule has 2 rings (SSSR count). The summed E-state index contributed by atoms with van der Waals surface area (Å²) in [7, 11) is 0. The van der Waals surface area contributed by atoms with Crippen LogP contribution in [0.3, 0.4) is 0 Å². The number of nitrogens with one attached hydrogen (secondary N) is 1. The predicted molar refractivity (Wildman–Crippen MR) is 55.3 cm³/mol. The second-order valence-electron chi connectivity index (χ2n) is 3.25. The number of H-pyrrole nitrogens is 1. The number of halogens is 2. The van der Waals surface area contributed by atoms with Crippen molar-refractivity contribution in [2.75, 3.05) is 5.73 Å². The second kappa shape index (κ2) is 3.66. The molecule has 0 amide bonds. The Hall–Kier alpha value is -2.35. The summed E-state index contributed by atoms with van der Waals surface area (Å²) in [6.45, 7) is 0. The standard InChI is InChI=1S/C11H7F2N3/c12-7-1-2-8(9(13)4-7)10-3-6(5-14)11(15)16-10/h1-4,16H,15H2. The fourth-order valence-corrected chi connectivity index (χ4v) is 1.42. The molecule has 0 saturated heterocycles. The topological polar surface area (TPSA) is 65.6 Å². The van der Waals surface area contributed by atoms with Crippen molar-refractivity contribution in [1.82, 2.24) is 4.98 Å². The van der Waals surface area contributed by atoms with Crippen LogP contribution < -0.4 is 5.73 Å². The first-order chi connectivity index (χ1) is 7.61. The zero-order valence-electron chi connectivity index (χ0n) is 8.09. The van der Waals surface area contributed by atoms with E-state index in [2.05, 4.69) is 4.98 Å². The van der Waals surface area contributed by atoms with Crippen molar-refractivity contribution in [2.45, 2.75) is 0 Å². The summed E-state index contributed by atoms with van der Waals surface area (Å²) < 4.78 is 26.1. The van der Waals surface area contributed by atoms with Crippen LogP contribution in [-0.2, 0) is 0 Å². The lowest BCUT2D eigenvalue weighted by Gasteiger charge is -1.99. The maximum Gasteiger partial charge on any atom is 0.135 e. The van der Waals surface area contributed by atoms with Crippen molar-refractivity contribution < 1.29 is 8.78 Å². The first kappa shape index (κ1) is 10.2. The first-order valence-corrected chi connectivity index (χ1v) is 4.46. The number of rotatable bonds is 1. The number of anilines is 1. The van der Waals surface area contributed by atoms with Crippen molar-refractivity contribution >= 4 is 5.82 Å². The third kappa shape index (κ3) is 1.61. The number of aromatic amines is 1. The number of nitrogen functional groups attached to an aromatic ring is 1. The van der Waals surface area contributed by atoms with Gasteiger partial charge in [-0.05, 0) is 18.2 Å². The number of hydrogen-bond acceptors (Lipinski definition) is 2. The van der Waals surface area contributed by atoms with Gasteiger partial charge in [-0.1, -0.05) is 0 Å². The van der Waals surface area contributed by atoms with E-state index < -0.39 is 11.6 Å². The Morgan fingerprint density at radius 2 is 2.00 bits per heavy atom. The average Bonchev–Trinajstić information content (AvgIpc) is 2.59. The minimum atomic E-state index is -0.703. The molecule has 0 spiro atoms. The Morgan fingerprint density at radius 3 is 2.56 bits per heavy atom. The van der Waals surface area contributed by atoms with Gasteiger partial charge in [0.2, 0.25) is 0 Å². The highest BCUT2D eigenvalue weighted by Gasteiger charge is 2.11. The molecule has 3 nitrogen and oxygen atoms in total. The predicted octanol–water partition coefficient (Wildman–Crippen LogP) is 2.41. The SMILES string of the molecule is N#Cc1cc(-c2ccc(F)cc2F)[nH]c1N. The van der Waals surface area contributed by atoms with E-state index in [1.807, 2.05) is 6.07 Å². The number of hydrogen-bond donors (Lipinski definition) is 2. The van der Waals surface area contributed by atoms with Crippen LogP contribution in [0.1, 0.15) is 5.56 Å². The van der Waals surface area contributed by atoms with Crippen LogP contribution >= 0.6 is 0 Å². The van der Waals surface area contributed by atoms with Crippen LogP contribution in [0.2, 0.25) is 0 Å². The van der Waals surface area contributed by atoms with Gasteiger partial charge >= 0.3 is 0 Å². The normalized spacial score (nSPS) is 10.1. The minimum absolute atomic E-state index is 0.168. The van der Waals surface area contributed by atoms with Gasteiger partial charge in [0.05, 0.1) is 11.3 Å². The summed E-state index contributed by atoms with van der Waals surface area (Å²) >= 11 is 0. The molecule has 0 aliphatic rings. The van der Waals surface area contributed by atoms with Crippen LogP contribution in [-0.4, -0.2) is 4.98 Å². The van der Waals surface area contributed by atoms with E-state index in [4.69, 9.17) is 11.0 Å². The molecule has 1 aromatic heterocycles. The highest BCUT2D eigenvalue weighted by molar-refractivity contribution is 5.67. The molecule has 0 saturated carbocycles.